The Morgan fingerprint density at radius 1 is 1.40 bits per heavy atom. The number of rotatable bonds is 4. The van der Waals surface area contributed by atoms with Gasteiger partial charge in [-0.15, -0.1) is 0 Å². The second kappa shape index (κ2) is 5.47. The second-order valence-corrected chi connectivity index (χ2v) is 4.49. The molecule has 4 nitrogen and oxygen atoms in total. The number of ether oxygens (including phenoxy) is 1. The fourth-order valence-electron chi connectivity index (χ4n) is 2.09. The van der Waals surface area contributed by atoms with E-state index >= 15 is 0 Å². The van der Waals surface area contributed by atoms with E-state index in [1.54, 1.807) is 0 Å². The standard InChI is InChI=1S/C11H20N2O2/c14-11(13-10-7-15-8-10)5-4-9-3-1-2-6-12-9/h9-10,12H,1-8H2,(H,13,14). The van der Waals surface area contributed by atoms with E-state index in [-0.39, 0.29) is 11.9 Å². The van der Waals surface area contributed by atoms with Crippen LogP contribution in [0.4, 0.5) is 0 Å². The molecule has 0 aromatic heterocycles. The number of hydrogen-bond donors (Lipinski definition) is 2. The molecule has 0 bridgehead atoms. The number of nitrogens with one attached hydrogen (secondary N) is 2. The molecule has 15 heavy (non-hydrogen) atoms. The molecule has 2 aliphatic rings. The Kier molecular flexibility index (Phi) is 3.97. The van der Waals surface area contributed by atoms with Crippen molar-refractivity contribution >= 4 is 5.91 Å². The highest BCUT2D eigenvalue weighted by molar-refractivity contribution is 5.76. The van der Waals surface area contributed by atoms with Crippen molar-refractivity contribution < 1.29 is 9.53 Å². The summed E-state index contributed by atoms with van der Waals surface area (Å²) in [4.78, 5) is 11.5. The van der Waals surface area contributed by atoms with Crippen LogP contribution in [0.5, 0.6) is 0 Å². The molecule has 0 aromatic carbocycles. The lowest BCUT2D eigenvalue weighted by atomic mass is 10.0. The van der Waals surface area contributed by atoms with E-state index in [0.29, 0.717) is 25.7 Å². The van der Waals surface area contributed by atoms with Gasteiger partial charge in [0.1, 0.15) is 0 Å². The Labute approximate surface area is 90.8 Å². The quantitative estimate of drug-likeness (QED) is 0.710. The maximum atomic E-state index is 11.5. The van der Waals surface area contributed by atoms with Crippen molar-refractivity contribution in [3.05, 3.63) is 0 Å². The molecule has 4 heteroatoms. The molecule has 2 aliphatic heterocycles. The summed E-state index contributed by atoms with van der Waals surface area (Å²) in [5, 5.41) is 6.42. The molecule has 1 atom stereocenters. The fourth-order valence-corrected chi connectivity index (χ4v) is 2.09. The van der Waals surface area contributed by atoms with E-state index in [1.807, 2.05) is 0 Å². The first-order valence-corrected chi connectivity index (χ1v) is 5.95. The van der Waals surface area contributed by atoms with Gasteiger partial charge in [0, 0.05) is 12.5 Å². The maximum absolute atomic E-state index is 11.5. The molecule has 2 fully saturated rings. The number of piperidine rings is 1. The first-order valence-electron chi connectivity index (χ1n) is 5.95. The summed E-state index contributed by atoms with van der Waals surface area (Å²) in [5.74, 6) is 0.177. The largest absolute Gasteiger partial charge is 0.377 e. The third kappa shape index (κ3) is 3.47. The highest BCUT2D eigenvalue weighted by atomic mass is 16.5. The Bertz CT molecular complexity index is 211. The molecule has 0 spiro atoms. The molecule has 2 rings (SSSR count). The number of carbonyl (C=O) groups excluding carboxylic acids is 1. The summed E-state index contributed by atoms with van der Waals surface area (Å²) < 4.78 is 5.00. The topological polar surface area (TPSA) is 50.4 Å². The molecule has 86 valence electrons. The lowest BCUT2D eigenvalue weighted by Gasteiger charge is -2.27. The third-order valence-corrected chi connectivity index (χ3v) is 3.14. The van der Waals surface area contributed by atoms with Crippen LogP contribution in [-0.2, 0) is 9.53 Å². The average molecular weight is 212 g/mol. The fraction of sp³-hybridized carbons (Fsp3) is 0.909. The minimum absolute atomic E-state index is 0.177. The summed E-state index contributed by atoms with van der Waals surface area (Å²) in [6.07, 6.45) is 5.42. The van der Waals surface area contributed by atoms with Gasteiger partial charge in [-0.05, 0) is 25.8 Å². The van der Waals surface area contributed by atoms with Gasteiger partial charge >= 0.3 is 0 Å². The normalized spacial score (nSPS) is 27.1. The van der Waals surface area contributed by atoms with Crippen molar-refractivity contribution in [1.29, 1.82) is 0 Å². The van der Waals surface area contributed by atoms with Crippen molar-refractivity contribution in [2.75, 3.05) is 19.8 Å². The zero-order valence-electron chi connectivity index (χ0n) is 9.13. The smallest absolute Gasteiger partial charge is 0.220 e. The van der Waals surface area contributed by atoms with Crippen molar-refractivity contribution in [2.24, 2.45) is 0 Å². The van der Waals surface area contributed by atoms with Gasteiger partial charge in [0.15, 0.2) is 0 Å². The molecule has 1 unspecified atom stereocenters. The van der Waals surface area contributed by atoms with Crippen LogP contribution in [0.2, 0.25) is 0 Å². The molecular weight excluding hydrogens is 192 g/mol. The van der Waals surface area contributed by atoms with E-state index in [1.165, 1.54) is 19.3 Å². The summed E-state index contributed by atoms with van der Waals surface area (Å²) in [7, 11) is 0. The van der Waals surface area contributed by atoms with Gasteiger partial charge in [-0.2, -0.15) is 0 Å². The van der Waals surface area contributed by atoms with E-state index in [9.17, 15) is 4.79 Å². The summed E-state index contributed by atoms with van der Waals surface area (Å²) >= 11 is 0. The van der Waals surface area contributed by atoms with Gasteiger partial charge in [0.25, 0.3) is 0 Å². The minimum Gasteiger partial charge on any atom is -0.377 e. The van der Waals surface area contributed by atoms with E-state index in [4.69, 9.17) is 4.74 Å². The zero-order valence-corrected chi connectivity index (χ0v) is 9.13. The monoisotopic (exact) mass is 212 g/mol. The van der Waals surface area contributed by atoms with Crippen LogP contribution in [0.3, 0.4) is 0 Å². The Hall–Kier alpha value is -0.610. The Morgan fingerprint density at radius 3 is 2.87 bits per heavy atom. The van der Waals surface area contributed by atoms with Crippen molar-refractivity contribution in [2.45, 2.75) is 44.2 Å². The predicted octanol–water partition coefficient (Wildman–Crippen LogP) is 0.424. The van der Waals surface area contributed by atoms with E-state index in [2.05, 4.69) is 10.6 Å². The van der Waals surface area contributed by atoms with E-state index in [0.717, 1.165) is 13.0 Å². The summed E-state index contributed by atoms with van der Waals surface area (Å²) in [6, 6.07) is 0.832. The predicted molar refractivity (Wildman–Crippen MR) is 57.6 cm³/mol. The van der Waals surface area contributed by atoms with Crippen molar-refractivity contribution in [1.82, 2.24) is 10.6 Å². The lowest BCUT2D eigenvalue weighted by Crippen LogP contribution is -2.48. The SMILES string of the molecule is O=C(CCC1CCCCN1)NC1COC1. The van der Waals surface area contributed by atoms with Gasteiger partial charge in [0.05, 0.1) is 19.3 Å². The molecule has 2 heterocycles. The number of amides is 1. The Balaban J connectivity index is 1.57. The number of carbonyl (C=O) groups is 1. The third-order valence-electron chi connectivity index (χ3n) is 3.14. The second-order valence-electron chi connectivity index (χ2n) is 4.49. The number of hydrogen-bond acceptors (Lipinski definition) is 3. The average Bonchev–Trinajstić information content (AvgIpc) is 2.22. The summed E-state index contributed by atoms with van der Waals surface area (Å²) in [5.41, 5.74) is 0. The molecule has 2 saturated heterocycles. The first-order chi connectivity index (χ1) is 7.34. The van der Waals surface area contributed by atoms with Gasteiger partial charge in [-0.1, -0.05) is 6.42 Å². The minimum atomic E-state index is 0.177. The maximum Gasteiger partial charge on any atom is 0.220 e. The Morgan fingerprint density at radius 2 is 2.27 bits per heavy atom. The van der Waals surface area contributed by atoms with Gasteiger partial charge in [-0.25, -0.2) is 0 Å². The van der Waals surface area contributed by atoms with Crippen LogP contribution in [0.1, 0.15) is 32.1 Å². The van der Waals surface area contributed by atoms with E-state index < -0.39 is 0 Å². The van der Waals surface area contributed by atoms with Crippen LogP contribution in [-0.4, -0.2) is 37.7 Å². The van der Waals surface area contributed by atoms with Crippen LogP contribution in [0.15, 0.2) is 0 Å². The molecule has 0 radical (unpaired) electrons. The first kappa shape index (κ1) is 10.9. The van der Waals surface area contributed by atoms with Crippen molar-refractivity contribution in [3.8, 4) is 0 Å². The van der Waals surface area contributed by atoms with Gasteiger partial charge in [-0.3, -0.25) is 4.79 Å². The summed E-state index contributed by atoms with van der Waals surface area (Å²) in [6.45, 7) is 2.49. The lowest BCUT2D eigenvalue weighted by molar-refractivity contribution is -0.125. The zero-order chi connectivity index (χ0) is 10.5. The van der Waals surface area contributed by atoms with Crippen LogP contribution >= 0.6 is 0 Å². The molecule has 2 N–H and O–H groups in total. The highest BCUT2D eigenvalue weighted by Gasteiger charge is 2.21. The van der Waals surface area contributed by atoms with Gasteiger partial charge in [0.2, 0.25) is 5.91 Å². The molecular formula is C11H20N2O2. The molecule has 1 amide bonds. The molecule has 0 aliphatic carbocycles. The van der Waals surface area contributed by atoms with Gasteiger partial charge < -0.3 is 15.4 Å². The highest BCUT2D eigenvalue weighted by Crippen LogP contribution is 2.11. The van der Waals surface area contributed by atoms with Crippen LogP contribution in [0, 0.1) is 0 Å². The van der Waals surface area contributed by atoms with Crippen LogP contribution < -0.4 is 10.6 Å². The van der Waals surface area contributed by atoms with Crippen LogP contribution in [0.25, 0.3) is 0 Å². The molecule has 0 aromatic rings. The molecule has 0 saturated carbocycles. The van der Waals surface area contributed by atoms with Crippen molar-refractivity contribution in [3.63, 3.8) is 0 Å².